The van der Waals surface area contributed by atoms with Gasteiger partial charge in [-0.05, 0) is 35.2 Å². The molecule has 0 fully saturated rings. The number of methoxy groups -OCH3 is 3. The molecule has 0 spiro atoms. The molecule has 0 saturated carbocycles. The predicted molar refractivity (Wildman–Crippen MR) is 107 cm³/mol. The van der Waals surface area contributed by atoms with E-state index in [-0.39, 0.29) is 5.56 Å². The van der Waals surface area contributed by atoms with E-state index in [1.54, 1.807) is 37.8 Å². The number of hydrogen-bond donors (Lipinski definition) is 0. The zero-order chi connectivity index (χ0) is 20.3. The lowest BCUT2D eigenvalue weighted by Gasteiger charge is -2.15. The van der Waals surface area contributed by atoms with Crippen molar-refractivity contribution in [3.05, 3.63) is 58.8 Å². The monoisotopic (exact) mass is 380 g/mol. The van der Waals surface area contributed by atoms with Crippen molar-refractivity contribution in [2.45, 2.75) is 0 Å². The second-order valence-electron chi connectivity index (χ2n) is 6.03. The van der Waals surface area contributed by atoms with Crippen LogP contribution in [0, 0.1) is 0 Å². The summed E-state index contributed by atoms with van der Waals surface area (Å²) in [5.74, 6) is 0.556. The number of fused-ring (bicyclic) bond motifs is 1. The molecule has 3 aromatic rings. The van der Waals surface area contributed by atoms with E-state index >= 15 is 0 Å². The number of aromatic nitrogens is 2. The van der Waals surface area contributed by atoms with Gasteiger partial charge in [-0.2, -0.15) is 0 Å². The largest absolute Gasteiger partial charge is 0.496 e. The van der Waals surface area contributed by atoms with Crippen molar-refractivity contribution >= 4 is 22.8 Å². The summed E-state index contributed by atoms with van der Waals surface area (Å²) in [6, 6.07) is 5.47. The molecule has 7 nitrogen and oxygen atoms in total. The van der Waals surface area contributed by atoms with Gasteiger partial charge in [0.25, 0.3) is 5.56 Å². The fraction of sp³-hybridized carbons (Fsp3) is 0.190. The molecular formula is C21H20N2O5. The topological polar surface area (TPSA) is 79.7 Å². The van der Waals surface area contributed by atoms with E-state index in [1.165, 1.54) is 32.0 Å². The molecule has 1 aromatic carbocycles. The molecule has 2 heterocycles. The summed E-state index contributed by atoms with van der Waals surface area (Å²) in [5.41, 5.74) is 2.12. The first-order chi connectivity index (χ1) is 13.5. The third-order valence-electron chi connectivity index (χ3n) is 4.43. The molecular weight excluding hydrogens is 360 g/mol. The smallest absolute Gasteiger partial charge is 0.330 e. The number of nitrogens with zero attached hydrogens (tertiary/aromatic N) is 2. The molecule has 0 aliphatic heterocycles. The van der Waals surface area contributed by atoms with Gasteiger partial charge >= 0.3 is 5.97 Å². The third-order valence-corrected chi connectivity index (χ3v) is 4.43. The number of aryl methyl sites for hydroxylation is 1. The Morgan fingerprint density at radius 1 is 1.11 bits per heavy atom. The van der Waals surface area contributed by atoms with E-state index in [0.29, 0.717) is 22.4 Å². The maximum Gasteiger partial charge on any atom is 0.330 e. The van der Waals surface area contributed by atoms with Gasteiger partial charge in [0.15, 0.2) is 0 Å². The molecule has 0 aliphatic carbocycles. The Kier molecular flexibility index (Phi) is 5.44. The summed E-state index contributed by atoms with van der Waals surface area (Å²) < 4.78 is 17.2. The molecule has 0 aliphatic rings. The normalized spacial score (nSPS) is 11.0. The highest BCUT2D eigenvalue weighted by Crippen LogP contribution is 2.37. The van der Waals surface area contributed by atoms with E-state index in [4.69, 9.17) is 9.47 Å². The van der Waals surface area contributed by atoms with Gasteiger partial charge in [0.2, 0.25) is 0 Å². The summed E-state index contributed by atoms with van der Waals surface area (Å²) in [4.78, 5) is 27.9. The van der Waals surface area contributed by atoms with Gasteiger partial charge in [0.1, 0.15) is 11.5 Å². The highest BCUT2D eigenvalue weighted by atomic mass is 16.5. The van der Waals surface area contributed by atoms with E-state index in [9.17, 15) is 9.59 Å². The summed E-state index contributed by atoms with van der Waals surface area (Å²) >= 11 is 0. The van der Waals surface area contributed by atoms with E-state index in [1.807, 2.05) is 12.1 Å². The number of pyridine rings is 2. The van der Waals surface area contributed by atoms with Crippen molar-refractivity contribution in [3.8, 4) is 22.6 Å². The second kappa shape index (κ2) is 7.96. The number of esters is 1. The van der Waals surface area contributed by atoms with Crippen LogP contribution < -0.4 is 15.0 Å². The zero-order valence-corrected chi connectivity index (χ0v) is 16.1. The van der Waals surface area contributed by atoms with Crippen molar-refractivity contribution in [2.24, 2.45) is 7.05 Å². The molecule has 144 valence electrons. The van der Waals surface area contributed by atoms with E-state index in [2.05, 4.69) is 9.72 Å². The lowest BCUT2D eigenvalue weighted by atomic mass is 9.99. The number of rotatable bonds is 5. The molecule has 2 aromatic heterocycles. The molecule has 0 unspecified atom stereocenters. The second-order valence-corrected chi connectivity index (χ2v) is 6.03. The Morgan fingerprint density at radius 3 is 2.39 bits per heavy atom. The maximum absolute atomic E-state index is 12.4. The van der Waals surface area contributed by atoms with Gasteiger partial charge in [-0.3, -0.25) is 9.78 Å². The molecule has 28 heavy (non-hydrogen) atoms. The van der Waals surface area contributed by atoms with E-state index in [0.717, 1.165) is 16.5 Å². The van der Waals surface area contributed by atoms with Crippen LogP contribution in [0.3, 0.4) is 0 Å². The summed E-state index contributed by atoms with van der Waals surface area (Å²) in [7, 11) is 6.08. The molecule has 0 saturated heterocycles. The number of ether oxygens (including phenoxy) is 3. The number of carbonyl (C=O) groups is 1. The van der Waals surface area contributed by atoms with Crippen LogP contribution in [0.15, 0.2) is 47.7 Å². The minimum Gasteiger partial charge on any atom is -0.496 e. The zero-order valence-electron chi connectivity index (χ0n) is 16.1. The Labute approximate surface area is 161 Å². The van der Waals surface area contributed by atoms with Crippen LogP contribution in [-0.4, -0.2) is 36.8 Å². The maximum atomic E-state index is 12.4. The van der Waals surface area contributed by atoms with Crippen molar-refractivity contribution in [3.63, 3.8) is 0 Å². The summed E-state index contributed by atoms with van der Waals surface area (Å²) in [5, 5.41) is 1.30. The van der Waals surface area contributed by atoms with Crippen LogP contribution in [0.4, 0.5) is 0 Å². The minimum atomic E-state index is -0.482. The fourth-order valence-corrected chi connectivity index (χ4v) is 3.02. The van der Waals surface area contributed by atoms with Crippen molar-refractivity contribution < 1.29 is 19.0 Å². The molecule has 3 rings (SSSR count). The fourth-order valence-electron chi connectivity index (χ4n) is 3.02. The first-order valence-corrected chi connectivity index (χ1v) is 8.46. The summed E-state index contributed by atoms with van der Waals surface area (Å²) in [6.45, 7) is 0. The molecule has 0 amide bonds. The summed E-state index contributed by atoms with van der Waals surface area (Å²) in [6.07, 6.45) is 7.85. The molecule has 0 radical (unpaired) electrons. The van der Waals surface area contributed by atoms with Crippen LogP contribution >= 0.6 is 0 Å². The molecule has 0 N–H and O–H groups in total. The molecule has 0 bridgehead atoms. The molecule has 0 atom stereocenters. The van der Waals surface area contributed by atoms with Crippen molar-refractivity contribution in [1.82, 2.24) is 9.55 Å². The highest BCUT2D eigenvalue weighted by Gasteiger charge is 2.15. The first-order valence-electron chi connectivity index (χ1n) is 8.46. The Morgan fingerprint density at radius 2 is 1.79 bits per heavy atom. The van der Waals surface area contributed by atoms with Crippen LogP contribution in [0.5, 0.6) is 11.5 Å². The van der Waals surface area contributed by atoms with Crippen LogP contribution in [0.25, 0.3) is 28.0 Å². The van der Waals surface area contributed by atoms with Crippen molar-refractivity contribution in [1.29, 1.82) is 0 Å². The van der Waals surface area contributed by atoms with Gasteiger partial charge in [0, 0.05) is 37.3 Å². The Balaban J connectivity index is 2.26. The Bertz CT molecular complexity index is 1110. The van der Waals surface area contributed by atoms with E-state index < -0.39 is 5.97 Å². The lowest BCUT2D eigenvalue weighted by Crippen LogP contribution is -2.16. The highest BCUT2D eigenvalue weighted by molar-refractivity contribution is 5.96. The predicted octanol–water partition coefficient (Wildman–Crippen LogP) is 2.80. The average molecular weight is 380 g/mol. The Hall–Kier alpha value is -3.61. The standard InChI is InChI=1S/C21H20N2O5/c1-23-12-17(14-7-8-22-11-16(14)21(23)25)13-9-18(26-2)15(19(10-13)27-3)5-6-20(24)28-4/h5-12H,1-4H3/b6-5+. The van der Waals surface area contributed by atoms with Crippen LogP contribution in [0.2, 0.25) is 0 Å². The number of hydrogen-bond acceptors (Lipinski definition) is 6. The van der Waals surface area contributed by atoms with Gasteiger partial charge in [-0.15, -0.1) is 0 Å². The quantitative estimate of drug-likeness (QED) is 0.500. The minimum absolute atomic E-state index is 0.122. The SMILES string of the molecule is COC(=O)/C=C/c1c(OC)cc(-c2cn(C)c(=O)c3cnccc23)cc1OC. The third kappa shape index (κ3) is 3.46. The van der Waals surface area contributed by atoms with Crippen LogP contribution in [-0.2, 0) is 16.6 Å². The lowest BCUT2D eigenvalue weighted by molar-refractivity contribution is -0.134. The van der Waals surface area contributed by atoms with Crippen molar-refractivity contribution in [2.75, 3.05) is 21.3 Å². The first kappa shape index (κ1) is 19.2. The average Bonchev–Trinajstić information content (AvgIpc) is 2.73. The van der Waals surface area contributed by atoms with Gasteiger partial charge < -0.3 is 18.8 Å². The van der Waals surface area contributed by atoms with Gasteiger partial charge in [-0.25, -0.2) is 4.79 Å². The number of carbonyl (C=O) groups excluding carboxylic acids is 1. The molecule has 7 heteroatoms. The number of benzene rings is 1. The van der Waals surface area contributed by atoms with Gasteiger partial charge in [-0.1, -0.05) is 0 Å². The van der Waals surface area contributed by atoms with Gasteiger partial charge in [0.05, 0.1) is 32.3 Å². The van der Waals surface area contributed by atoms with Crippen LogP contribution in [0.1, 0.15) is 5.56 Å².